The minimum Gasteiger partial charge on any atom is -0.378 e. The predicted molar refractivity (Wildman–Crippen MR) is 127 cm³/mol. The molecule has 1 aliphatic rings. The average molecular weight is 429 g/mol. The quantitative estimate of drug-likeness (QED) is 0.483. The van der Waals surface area contributed by atoms with Gasteiger partial charge in [-0.05, 0) is 30.0 Å². The van der Waals surface area contributed by atoms with Gasteiger partial charge in [0.2, 0.25) is 5.95 Å². The maximum absolute atomic E-state index is 5.52. The summed E-state index contributed by atoms with van der Waals surface area (Å²) in [6.45, 7) is 6.58. The summed E-state index contributed by atoms with van der Waals surface area (Å²) in [7, 11) is 0. The van der Waals surface area contributed by atoms with E-state index in [0.717, 1.165) is 48.9 Å². The molecule has 0 saturated carbocycles. The van der Waals surface area contributed by atoms with Crippen molar-refractivity contribution in [1.29, 1.82) is 0 Å². The van der Waals surface area contributed by atoms with Crippen LogP contribution in [0.15, 0.2) is 60.8 Å². The van der Waals surface area contributed by atoms with Crippen LogP contribution in [0.1, 0.15) is 16.7 Å². The van der Waals surface area contributed by atoms with Gasteiger partial charge in [-0.15, -0.1) is 0 Å². The Bertz CT molecular complexity index is 1180. The van der Waals surface area contributed by atoms with Crippen molar-refractivity contribution in [1.82, 2.24) is 19.7 Å². The predicted octanol–water partition coefficient (Wildman–Crippen LogP) is 3.83. The van der Waals surface area contributed by atoms with Crippen LogP contribution >= 0.6 is 0 Å². The number of nitrogens with zero attached hydrogens (tertiary/aromatic N) is 5. The lowest BCUT2D eigenvalue weighted by Crippen LogP contribution is -2.37. The SMILES string of the molecule is Cc1ccccc1CNc1nc(N2CCOCC2)nc2c1cnn2CCc1ccccc1. The molecule has 4 aromatic rings. The molecule has 1 N–H and O–H groups in total. The van der Waals surface area contributed by atoms with Crippen molar-refractivity contribution in [2.75, 3.05) is 36.5 Å². The van der Waals surface area contributed by atoms with Gasteiger partial charge < -0.3 is 15.0 Å². The van der Waals surface area contributed by atoms with E-state index in [1.807, 2.05) is 16.9 Å². The Morgan fingerprint density at radius 1 is 0.969 bits per heavy atom. The molecule has 2 aromatic carbocycles. The minimum atomic E-state index is 0.695. The van der Waals surface area contributed by atoms with Gasteiger partial charge in [0.1, 0.15) is 5.82 Å². The summed E-state index contributed by atoms with van der Waals surface area (Å²) in [6, 6.07) is 18.9. The standard InChI is InChI=1S/C25H28N6O/c1-19-7-5-6-10-21(19)17-26-23-22-18-27-31(12-11-20-8-3-2-4-9-20)24(22)29-25(28-23)30-13-15-32-16-14-30/h2-10,18H,11-17H2,1H3,(H,26,28,29). The normalized spacial score (nSPS) is 14.1. The molecule has 0 amide bonds. The zero-order valence-corrected chi connectivity index (χ0v) is 18.4. The second kappa shape index (κ2) is 9.36. The van der Waals surface area contributed by atoms with Crippen LogP contribution in [0.4, 0.5) is 11.8 Å². The van der Waals surface area contributed by atoms with Gasteiger partial charge in [-0.1, -0.05) is 54.6 Å². The van der Waals surface area contributed by atoms with Crippen LogP contribution in [0.25, 0.3) is 11.0 Å². The summed E-state index contributed by atoms with van der Waals surface area (Å²) in [4.78, 5) is 12.0. The second-order valence-electron chi connectivity index (χ2n) is 8.09. The maximum atomic E-state index is 5.52. The summed E-state index contributed by atoms with van der Waals surface area (Å²) < 4.78 is 7.52. The van der Waals surface area contributed by atoms with Crippen molar-refractivity contribution in [2.24, 2.45) is 0 Å². The van der Waals surface area contributed by atoms with Crippen LogP contribution in [0, 0.1) is 6.92 Å². The third kappa shape index (κ3) is 4.43. The van der Waals surface area contributed by atoms with Crippen molar-refractivity contribution in [3.8, 4) is 0 Å². The monoisotopic (exact) mass is 428 g/mol. The van der Waals surface area contributed by atoms with Crippen LogP contribution < -0.4 is 10.2 Å². The zero-order valence-electron chi connectivity index (χ0n) is 18.4. The van der Waals surface area contributed by atoms with Crippen molar-refractivity contribution in [3.05, 3.63) is 77.5 Å². The molecule has 7 nitrogen and oxygen atoms in total. The molecule has 0 radical (unpaired) electrons. The van der Waals surface area contributed by atoms with Crippen LogP contribution in [-0.2, 0) is 24.2 Å². The lowest BCUT2D eigenvalue weighted by atomic mass is 10.1. The topological polar surface area (TPSA) is 68.1 Å². The van der Waals surface area contributed by atoms with Gasteiger partial charge in [-0.2, -0.15) is 15.1 Å². The van der Waals surface area contributed by atoms with E-state index in [9.17, 15) is 0 Å². The van der Waals surface area contributed by atoms with Gasteiger partial charge in [0, 0.05) is 26.2 Å². The van der Waals surface area contributed by atoms with Gasteiger partial charge >= 0.3 is 0 Å². The van der Waals surface area contributed by atoms with Gasteiger partial charge in [-0.25, -0.2) is 4.68 Å². The Morgan fingerprint density at radius 3 is 2.56 bits per heavy atom. The molecular weight excluding hydrogens is 400 g/mol. The van der Waals surface area contributed by atoms with E-state index in [1.165, 1.54) is 16.7 Å². The maximum Gasteiger partial charge on any atom is 0.229 e. The lowest BCUT2D eigenvalue weighted by molar-refractivity contribution is 0.122. The van der Waals surface area contributed by atoms with E-state index in [4.69, 9.17) is 14.7 Å². The molecular formula is C25H28N6O. The van der Waals surface area contributed by atoms with Crippen molar-refractivity contribution in [3.63, 3.8) is 0 Å². The van der Waals surface area contributed by atoms with Crippen LogP contribution in [0.3, 0.4) is 0 Å². The Kier molecular flexibility index (Phi) is 5.98. The van der Waals surface area contributed by atoms with E-state index < -0.39 is 0 Å². The number of rotatable bonds is 7. The Labute approximate surface area is 188 Å². The highest BCUT2D eigenvalue weighted by Crippen LogP contribution is 2.25. The Morgan fingerprint density at radius 2 is 1.75 bits per heavy atom. The number of fused-ring (bicyclic) bond motifs is 1. The largest absolute Gasteiger partial charge is 0.378 e. The molecule has 32 heavy (non-hydrogen) atoms. The van der Waals surface area contributed by atoms with Gasteiger partial charge in [0.15, 0.2) is 5.65 Å². The highest BCUT2D eigenvalue weighted by molar-refractivity contribution is 5.87. The average Bonchev–Trinajstić information content (AvgIpc) is 3.26. The molecule has 1 fully saturated rings. The zero-order chi connectivity index (χ0) is 21.8. The lowest BCUT2D eigenvalue weighted by Gasteiger charge is -2.27. The molecule has 1 aliphatic heterocycles. The number of aryl methyl sites for hydroxylation is 3. The van der Waals surface area contributed by atoms with Crippen LogP contribution in [-0.4, -0.2) is 46.1 Å². The summed E-state index contributed by atoms with van der Waals surface area (Å²) in [6.07, 6.45) is 2.78. The fourth-order valence-electron chi connectivity index (χ4n) is 4.01. The molecule has 0 spiro atoms. The highest BCUT2D eigenvalue weighted by atomic mass is 16.5. The summed E-state index contributed by atoms with van der Waals surface area (Å²) in [5.74, 6) is 1.56. The molecule has 0 unspecified atom stereocenters. The molecule has 0 bridgehead atoms. The molecule has 0 aliphatic carbocycles. The fraction of sp³-hybridized carbons (Fsp3) is 0.320. The fourth-order valence-corrected chi connectivity index (χ4v) is 4.01. The number of hydrogen-bond donors (Lipinski definition) is 1. The molecule has 3 heterocycles. The molecule has 5 rings (SSSR count). The summed E-state index contributed by atoms with van der Waals surface area (Å²) in [5, 5.41) is 9.16. The molecule has 1 saturated heterocycles. The number of benzene rings is 2. The minimum absolute atomic E-state index is 0.695. The second-order valence-corrected chi connectivity index (χ2v) is 8.09. The number of ether oxygens (including phenoxy) is 1. The summed E-state index contributed by atoms with van der Waals surface area (Å²) in [5.41, 5.74) is 4.67. The first-order valence-corrected chi connectivity index (χ1v) is 11.2. The number of hydrogen-bond acceptors (Lipinski definition) is 6. The molecule has 7 heteroatoms. The molecule has 2 aromatic heterocycles. The van der Waals surface area contributed by atoms with Gasteiger partial charge in [0.25, 0.3) is 0 Å². The highest BCUT2D eigenvalue weighted by Gasteiger charge is 2.19. The van der Waals surface area contributed by atoms with Gasteiger partial charge in [0.05, 0.1) is 24.8 Å². The van der Waals surface area contributed by atoms with Crippen LogP contribution in [0.5, 0.6) is 0 Å². The Balaban J connectivity index is 1.46. The van der Waals surface area contributed by atoms with E-state index in [-0.39, 0.29) is 0 Å². The Hall–Kier alpha value is -3.45. The number of aromatic nitrogens is 4. The van der Waals surface area contributed by atoms with Gasteiger partial charge in [-0.3, -0.25) is 0 Å². The van der Waals surface area contributed by atoms with Crippen molar-refractivity contribution >= 4 is 22.8 Å². The van der Waals surface area contributed by atoms with E-state index in [2.05, 4.69) is 70.8 Å². The molecule has 0 atom stereocenters. The molecule has 164 valence electrons. The third-order valence-corrected chi connectivity index (χ3v) is 5.94. The number of morpholine rings is 1. The first-order chi connectivity index (χ1) is 15.8. The van der Waals surface area contributed by atoms with E-state index in [1.54, 1.807) is 0 Å². The van der Waals surface area contributed by atoms with E-state index >= 15 is 0 Å². The number of anilines is 2. The number of nitrogens with one attached hydrogen (secondary N) is 1. The van der Waals surface area contributed by atoms with E-state index in [0.29, 0.717) is 19.8 Å². The van der Waals surface area contributed by atoms with Crippen molar-refractivity contribution in [2.45, 2.75) is 26.4 Å². The van der Waals surface area contributed by atoms with Crippen molar-refractivity contribution < 1.29 is 4.74 Å². The summed E-state index contributed by atoms with van der Waals surface area (Å²) >= 11 is 0. The first kappa shape index (κ1) is 20.5. The third-order valence-electron chi connectivity index (χ3n) is 5.94. The van der Waals surface area contributed by atoms with Crippen LogP contribution in [0.2, 0.25) is 0 Å². The smallest absolute Gasteiger partial charge is 0.229 e. The first-order valence-electron chi connectivity index (χ1n) is 11.2.